The van der Waals surface area contributed by atoms with Crippen LogP contribution in [0, 0.1) is 0 Å². The summed E-state index contributed by atoms with van der Waals surface area (Å²) in [5, 5.41) is 0. The van der Waals surface area contributed by atoms with Crippen LogP contribution in [0.3, 0.4) is 0 Å². The van der Waals surface area contributed by atoms with Gasteiger partial charge in [-0.1, -0.05) is 45.4 Å². The van der Waals surface area contributed by atoms with Crippen LogP contribution in [-0.2, 0) is 9.09 Å². The third-order valence-corrected chi connectivity index (χ3v) is 2.50. The molecule has 0 fully saturated rings. The summed E-state index contributed by atoms with van der Waals surface area (Å²) < 4.78 is 14.2. The molecule has 0 spiro atoms. The van der Waals surface area contributed by atoms with Crippen LogP contribution in [0.4, 0.5) is 0 Å². The van der Waals surface area contributed by atoms with Crippen LogP contribution in [0.1, 0.15) is 51.9 Å². The summed E-state index contributed by atoms with van der Waals surface area (Å²) in [6.45, 7) is 2.20. The van der Waals surface area contributed by atoms with Crippen molar-refractivity contribution < 1.29 is 18.9 Å². The van der Waals surface area contributed by atoms with E-state index < -0.39 is 7.82 Å². The molecule has 15 heavy (non-hydrogen) atoms. The molecule has 0 aliphatic heterocycles. The Hall–Kier alpha value is 0.642. The smallest absolute Gasteiger partial charge is 0.790 e. The predicted octanol–water partition coefficient (Wildman–Crippen LogP) is 1.20. The third-order valence-electron chi connectivity index (χ3n) is 2.00. The van der Waals surface area contributed by atoms with E-state index in [1.807, 2.05) is 0 Å². The van der Waals surface area contributed by atoms with Crippen molar-refractivity contribution in [2.24, 2.45) is 0 Å². The van der Waals surface area contributed by atoms with Gasteiger partial charge in [0.25, 0.3) is 0 Å². The standard InChI is InChI=1S/C9H21O4P.Al/c1-2-3-4-5-6-7-8-9-13-14(10,11)12;/h2-9H2,1H3,(H2,10,11,12);/q;+3/p-2. The molecule has 0 amide bonds. The van der Waals surface area contributed by atoms with Gasteiger partial charge in [0, 0.05) is 0 Å². The van der Waals surface area contributed by atoms with Gasteiger partial charge in [0.1, 0.15) is 0 Å². The van der Waals surface area contributed by atoms with E-state index in [0.717, 1.165) is 12.8 Å². The fourth-order valence-electron chi connectivity index (χ4n) is 1.24. The van der Waals surface area contributed by atoms with Gasteiger partial charge in [-0.05, 0) is 6.42 Å². The first kappa shape index (κ1) is 18.0. The summed E-state index contributed by atoms with van der Waals surface area (Å²) in [5.74, 6) is 0. The molecule has 0 rings (SSSR count). The molecule has 0 aliphatic rings. The third kappa shape index (κ3) is 17.3. The molecule has 4 nitrogen and oxygen atoms in total. The Balaban J connectivity index is 0. The summed E-state index contributed by atoms with van der Waals surface area (Å²) in [7, 11) is -4.73. The maximum absolute atomic E-state index is 10.1. The van der Waals surface area contributed by atoms with E-state index in [0.29, 0.717) is 6.42 Å². The zero-order chi connectivity index (χ0) is 10.9. The molecule has 0 atom stereocenters. The fraction of sp³-hybridized carbons (Fsp3) is 1.00. The van der Waals surface area contributed by atoms with Crippen LogP contribution < -0.4 is 9.79 Å². The molecule has 86 valence electrons. The number of hydrogen-bond donors (Lipinski definition) is 0. The monoisotopic (exact) mass is 249 g/mol. The molecule has 0 N–H and O–H groups in total. The molecule has 0 aliphatic carbocycles. The zero-order valence-corrected chi connectivity index (χ0v) is 11.4. The van der Waals surface area contributed by atoms with E-state index in [1.165, 1.54) is 25.7 Å². The van der Waals surface area contributed by atoms with Gasteiger partial charge in [-0.3, -0.25) is 0 Å². The molecule has 0 heterocycles. The minimum Gasteiger partial charge on any atom is -0.790 e. The van der Waals surface area contributed by atoms with Gasteiger partial charge < -0.3 is 18.9 Å². The van der Waals surface area contributed by atoms with Crippen molar-refractivity contribution >= 4 is 25.2 Å². The maximum atomic E-state index is 10.1. The van der Waals surface area contributed by atoms with Crippen molar-refractivity contribution in [1.82, 2.24) is 0 Å². The van der Waals surface area contributed by atoms with Crippen molar-refractivity contribution in [3.8, 4) is 0 Å². The largest absolute Gasteiger partial charge is 3.00 e. The molecule has 0 bridgehead atoms. The number of unbranched alkanes of at least 4 members (excludes halogenated alkanes) is 6. The predicted molar refractivity (Wildman–Crippen MR) is 57.3 cm³/mol. The first-order valence-corrected chi connectivity index (χ1v) is 6.69. The van der Waals surface area contributed by atoms with Gasteiger partial charge in [0.05, 0.1) is 14.4 Å². The van der Waals surface area contributed by atoms with Gasteiger partial charge in [-0.15, -0.1) is 0 Å². The Morgan fingerprint density at radius 2 is 1.47 bits per heavy atom. The SMILES string of the molecule is CCCCCCCCCOP(=O)([O-])[O-].[Al+3]. The Bertz CT molecular complexity index is 171. The van der Waals surface area contributed by atoms with E-state index in [9.17, 15) is 14.4 Å². The molecule has 0 saturated heterocycles. The van der Waals surface area contributed by atoms with Gasteiger partial charge >= 0.3 is 17.4 Å². The summed E-state index contributed by atoms with van der Waals surface area (Å²) in [6.07, 6.45) is 7.57. The van der Waals surface area contributed by atoms with Crippen LogP contribution >= 0.6 is 7.82 Å². The second kappa shape index (κ2) is 11.1. The van der Waals surface area contributed by atoms with Crippen molar-refractivity contribution in [1.29, 1.82) is 0 Å². The zero-order valence-electron chi connectivity index (χ0n) is 9.31. The molecule has 0 aromatic carbocycles. The van der Waals surface area contributed by atoms with E-state index in [4.69, 9.17) is 0 Å². The van der Waals surface area contributed by atoms with E-state index in [1.54, 1.807) is 0 Å². The first-order chi connectivity index (χ1) is 6.56. The van der Waals surface area contributed by atoms with Crippen molar-refractivity contribution in [3.05, 3.63) is 0 Å². The number of rotatable bonds is 9. The van der Waals surface area contributed by atoms with E-state index in [2.05, 4.69) is 11.4 Å². The summed E-state index contributed by atoms with van der Waals surface area (Å²) >= 11 is 0. The van der Waals surface area contributed by atoms with Gasteiger partial charge in [-0.25, -0.2) is 0 Å². The Labute approximate surface area is 103 Å². The quantitative estimate of drug-likeness (QED) is 0.349. The summed E-state index contributed by atoms with van der Waals surface area (Å²) in [6, 6.07) is 0. The van der Waals surface area contributed by atoms with Gasteiger partial charge in [0.15, 0.2) is 0 Å². The van der Waals surface area contributed by atoms with E-state index in [-0.39, 0.29) is 24.0 Å². The van der Waals surface area contributed by atoms with Crippen LogP contribution in [0.25, 0.3) is 0 Å². The molecule has 0 saturated carbocycles. The molecule has 0 aromatic heterocycles. The molecule has 0 radical (unpaired) electrons. The summed E-state index contributed by atoms with van der Waals surface area (Å²) in [4.78, 5) is 20.1. The fourth-order valence-corrected chi connectivity index (χ4v) is 1.59. The Morgan fingerprint density at radius 3 is 1.93 bits per heavy atom. The maximum Gasteiger partial charge on any atom is 3.00 e. The normalized spacial score (nSPS) is 11.1. The van der Waals surface area contributed by atoms with Gasteiger partial charge in [0.2, 0.25) is 0 Å². The molecule has 6 heteroatoms. The molecule has 0 aromatic rings. The number of phosphoric ester groups is 1. The van der Waals surface area contributed by atoms with Crippen molar-refractivity contribution in [3.63, 3.8) is 0 Å². The van der Waals surface area contributed by atoms with Crippen LogP contribution in [-0.4, -0.2) is 24.0 Å². The second-order valence-electron chi connectivity index (χ2n) is 3.40. The average Bonchev–Trinajstić information content (AvgIpc) is 2.08. The topological polar surface area (TPSA) is 72.4 Å². The Morgan fingerprint density at radius 1 is 1.00 bits per heavy atom. The van der Waals surface area contributed by atoms with Crippen LogP contribution in [0.2, 0.25) is 0 Å². The van der Waals surface area contributed by atoms with E-state index >= 15 is 0 Å². The average molecular weight is 249 g/mol. The number of hydrogen-bond acceptors (Lipinski definition) is 4. The second-order valence-corrected chi connectivity index (χ2v) is 4.55. The first-order valence-electron chi connectivity index (χ1n) is 5.23. The summed E-state index contributed by atoms with van der Waals surface area (Å²) in [5.41, 5.74) is 0. The van der Waals surface area contributed by atoms with Gasteiger partial charge in [-0.2, -0.15) is 0 Å². The minimum absolute atomic E-state index is 0. The van der Waals surface area contributed by atoms with Crippen molar-refractivity contribution in [2.45, 2.75) is 51.9 Å². The molecular weight excluding hydrogens is 230 g/mol. The van der Waals surface area contributed by atoms with Crippen LogP contribution in [0.15, 0.2) is 0 Å². The number of phosphoric acid groups is 1. The molecule has 0 unspecified atom stereocenters. The van der Waals surface area contributed by atoms with Crippen LogP contribution in [0.5, 0.6) is 0 Å². The minimum atomic E-state index is -4.73. The Kier molecular flexibility index (Phi) is 13.4. The molecular formula is C9H19AlO4P+. The van der Waals surface area contributed by atoms with Crippen molar-refractivity contribution in [2.75, 3.05) is 6.61 Å².